The van der Waals surface area contributed by atoms with Crippen molar-refractivity contribution in [2.45, 2.75) is 24.9 Å². The summed E-state index contributed by atoms with van der Waals surface area (Å²) in [5.41, 5.74) is 3.52. The maximum atomic E-state index is 13.7. The number of halogens is 2. The Morgan fingerprint density at radius 1 is 1.08 bits per heavy atom. The summed E-state index contributed by atoms with van der Waals surface area (Å²) in [7, 11) is 0. The smallest absolute Gasteiger partial charge is 0.326 e. The SMILES string of the molecule is O=C(N[C@@H](CC1=CC=C(C2=CCN=CC2)[C@H](C(=O)c2nc3ccccc3[nH]2)N1)C(=O)O)c1c(Cl)cccc1Cl. The summed E-state index contributed by atoms with van der Waals surface area (Å²) in [6, 6.07) is 9.76. The normalized spacial score (nSPS) is 17.5. The molecule has 39 heavy (non-hydrogen) atoms. The molecule has 198 valence electrons. The summed E-state index contributed by atoms with van der Waals surface area (Å²) < 4.78 is 0. The zero-order valence-electron chi connectivity index (χ0n) is 20.4. The number of ketones is 1. The largest absolute Gasteiger partial charge is 0.480 e. The van der Waals surface area contributed by atoms with Crippen LogP contribution in [0.15, 0.2) is 82.5 Å². The molecule has 0 spiro atoms. The van der Waals surface area contributed by atoms with E-state index in [4.69, 9.17) is 23.2 Å². The minimum atomic E-state index is -1.32. The van der Waals surface area contributed by atoms with Gasteiger partial charge in [0.1, 0.15) is 12.1 Å². The van der Waals surface area contributed by atoms with E-state index in [0.29, 0.717) is 24.2 Å². The van der Waals surface area contributed by atoms with Crippen molar-refractivity contribution in [2.24, 2.45) is 4.99 Å². The molecule has 1 aromatic heterocycles. The van der Waals surface area contributed by atoms with Crippen LogP contribution < -0.4 is 10.6 Å². The Balaban J connectivity index is 1.42. The number of aromatic amines is 1. The molecule has 3 heterocycles. The second-order valence-corrected chi connectivity index (χ2v) is 9.82. The number of carboxylic acids is 1. The molecular formula is C28H23Cl2N5O4. The quantitative estimate of drug-likeness (QED) is 0.297. The fourth-order valence-electron chi connectivity index (χ4n) is 4.51. The van der Waals surface area contributed by atoms with Gasteiger partial charge in [0.05, 0.1) is 33.2 Å². The third-order valence-corrected chi connectivity index (χ3v) is 7.09. The van der Waals surface area contributed by atoms with Gasteiger partial charge in [-0.15, -0.1) is 0 Å². The molecule has 2 aliphatic heterocycles. The van der Waals surface area contributed by atoms with Crippen molar-refractivity contribution < 1.29 is 19.5 Å². The maximum absolute atomic E-state index is 13.7. The molecule has 0 bridgehead atoms. The molecule has 4 N–H and O–H groups in total. The Labute approximate surface area is 233 Å². The van der Waals surface area contributed by atoms with Gasteiger partial charge in [-0.05, 0) is 41.5 Å². The monoisotopic (exact) mass is 563 g/mol. The molecule has 3 aromatic rings. The molecule has 9 nitrogen and oxygen atoms in total. The fourth-order valence-corrected chi connectivity index (χ4v) is 5.08. The van der Waals surface area contributed by atoms with Gasteiger partial charge in [-0.25, -0.2) is 9.78 Å². The predicted molar refractivity (Wildman–Crippen MR) is 150 cm³/mol. The first-order valence-electron chi connectivity index (χ1n) is 12.1. The first kappa shape index (κ1) is 26.4. The number of rotatable bonds is 8. The highest BCUT2D eigenvalue weighted by atomic mass is 35.5. The van der Waals surface area contributed by atoms with E-state index in [1.54, 1.807) is 24.4 Å². The summed E-state index contributed by atoms with van der Waals surface area (Å²) in [5, 5.41) is 15.8. The van der Waals surface area contributed by atoms with Gasteiger partial charge in [-0.3, -0.25) is 14.6 Å². The van der Waals surface area contributed by atoms with Crippen molar-refractivity contribution in [2.75, 3.05) is 6.54 Å². The number of aliphatic imine (C=N–C) groups is 1. The highest BCUT2D eigenvalue weighted by Crippen LogP contribution is 2.28. The maximum Gasteiger partial charge on any atom is 0.326 e. The van der Waals surface area contributed by atoms with Gasteiger partial charge in [0, 0.05) is 24.8 Å². The van der Waals surface area contributed by atoms with Gasteiger partial charge in [0.25, 0.3) is 5.91 Å². The van der Waals surface area contributed by atoms with Gasteiger partial charge in [0.15, 0.2) is 5.82 Å². The molecule has 0 saturated heterocycles. The van der Waals surface area contributed by atoms with E-state index >= 15 is 0 Å². The Bertz CT molecular complexity index is 1550. The fraction of sp³-hybridized carbons (Fsp3) is 0.179. The van der Waals surface area contributed by atoms with E-state index in [9.17, 15) is 19.5 Å². The Kier molecular flexibility index (Phi) is 7.63. The van der Waals surface area contributed by atoms with Crippen molar-refractivity contribution in [3.63, 3.8) is 0 Å². The number of nitrogens with zero attached hydrogens (tertiary/aromatic N) is 2. The van der Waals surface area contributed by atoms with Crippen molar-refractivity contribution in [1.82, 2.24) is 20.6 Å². The summed E-state index contributed by atoms with van der Waals surface area (Å²) in [6.45, 7) is 0.506. The van der Waals surface area contributed by atoms with Crippen molar-refractivity contribution in [1.29, 1.82) is 0 Å². The molecule has 0 saturated carbocycles. The van der Waals surface area contributed by atoms with E-state index in [2.05, 4.69) is 25.6 Å². The standard InChI is InChI=1S/C28H23Cl2N5O4/c29-18-4-3-5-19(30)23(18)27(37)35-22(28(38)39)14-16-8-9-17(15-10-12-31-13-11-15)24(32-16)25(36)26-33-20-6-1-2-7-21(20)34-26/h1-10,13,22,24,32H,11-12,14H2,(H,33,34)(H,35,37)(H,38,39)/t22-,24+/m0/s1. The van der Waals surface area contributed by atoms with Crippen LogP contribution in [-0.2, 0) is 4.79 Å². The number of fused-ring (bicyclic) bond motifs is 1. The lowest BCUT2D eigenvalue weighted by molar-refractivity contribution is -0.139. The van der Waals surface area contributed by atoms with Crippen LogP contribution in [0, 0.1) is 0 Å². The molecule has 2 aliphatic rings. The number of aromatic nitrogens is 2. The minimum Gasteiger partial charge on any atom is -0.480 e. The van der Waals surface area contributed by atoms with E-state index in [1.807, 2.05) is 30.3 Å². The van der Waals surface area contributed by atoms with Crippen LogP contribution in [0.5, 0.6) is 0 Å². The summed E-state index contributed by atoms with van der Waals surface area (Å²) in [6.07, 6.45) is 7.72. The van der Waals surface area contributed by atoms with E-state index < -0.39 is 24.0 Å². The number of para-hydroxylation sites is 2. The van der Waals surface area contributed by atoms with Gasteiger partial charge >= 0.3 is 5.97 Å². The van der Waals surface area contributed by atoms with Crippen LogP contribution >= 0.6 is 23.2 Å². The average Bonchev–Trinajstić information content (AvgIpc) is 3.37. The number of allylic oxidation sites excluding steroid dienone is 2. The van der Waals surface area contributed by atoms with E-state index in [1.165, 1.54) is 12.1 Å². The lowest BCUT2D eigenvalue weighted by Gasteiger charge is -2.29. The molecule has 0 unspecified atom stereocenters. The molecule has 11 heteroatoms. The van der Waals surface area contributed by atoms with Gasteiger partial charge in [-0.1, -0.05) is 53.6 Å². The third kappa shape index (κ3) is 5.64. The van der Waals surface area contributed by atoms with E-state index in [-0.39, 0.29) is 33.6 Å². The summed E-state index contributed by atoms with van der Waals surface area (Å²) in [4.78, 5) is 50.4. The summed E-state index contributed by atoms with van der Waals surface area (Å²) in [5.74, 6) is -2.09. The second-order valence-electron chi connectivity index (χ2n) is 9.00. The van der Waals surface area contributed by atoms with Crippen LogP contribution in [0.2, 0.25) is 10.0 Å². The molecule has 0 aliphatic carbocycles. The number of H-pyrrole nitrogens is 1. The van der Waals surface area contributed by atoms with Gasteiger partial charge < -0.3 is 20.7 Å². The van der Waals surface area contributed by atoms with Crippen molar-refractivity contribution in [3.8, 4) is 0 Å². The molecule has 5 rings (SSSR count). The average molecular weight is 564 g/mol. The molecule has 2 atom stereocenters. The van der Waals surface area contributed by atoms with Crippen LogP contribution in [0.25, 0.3) is 11.0 Å². The number of nitrogens with one attached hydrogen (secondary N) is 3. The number of imidazole rings is 1. The number of hydrogen-bond acceptors (Lipinski definition) is 6. The van der Waals surface area contributed by atoms with Crippen LogP contribution in [0.4, 0.5) is 0 Å². The number of amides is 1. The minimum absolute atomic E-state index is 0.0105. The highest BCUT2D eigenvalue weighted by molar-refractivity contribution is 6.39. The number of carboxylic acid groups (broad SMARTS) is 1. The van der Waals surface area contributed by atoms with Crippen molar-refractivity contribution in [3.05, 3.63) is 99.0 Å². The first-order chi connectivity index (χ1) is 18.8. The van der Waals surface area contributed by atoms with Crippen molar-refractivity contribution >= 4 is 58.1 Å². The number of aliphatic carboxylic acids is 1. The number of benzene rings is 2. The van der Waals surface area contributed by atoms with Crippen LogP contribution in [-0.4, -0.2) is 57.6 Å². The lowest BCUT2D eigenvalue weighted by atomic mass is 9.89. The Morgan fingerprint density at radius 2 is 1.85 bits per heavy atom. The Hall–Kier alpha value is -4.21. The van der Waals surface area contributed by atoms with Crippen LogP contribution in [0.1, 0.15) is 33.8 Å². The molecule has 0 radical (unpaired) electrons. The second kappa shape index (κ2) is 11.3. The lowest BCUT2D eigenvalue weighted by Crippen LogP contribution is -2.45. The van der Waals surface area contributed by atoms with E-state index in [0.717, 1.165) is 16.7 Å². The van der Waals surface area contributed by atoms with Gasteiger partial charge in [0.2, 0.25) is 5.78 Å². The number of dihydropyridines is 2. The van der Waals surface area contributed by atoms with Crippen LogP contribution in [0.3, 0.4) is 0 Å². The Morgan fingerprint density at radius 3 is 2.54 bits per heavy atom. The molecule has 2 aromatic carbocycles. The number of hydrogen-bond donors (Lipinski definition) is 4. The third-order valence-electron chi connectivity index (χ3n) is 6.46. The molecular weight excluding hydrogens is 541 g/mol. The summed E-state index contributed by atoms with van der Waals surface area (Å²) >= 11 is 12.3. The zero-order chi connectivity index (χ0) is 27.5. The number of Topliss-reactive ketones (excluding diaryl/α,β-unsaturated/α-hetero) is 1. The van der Waals surface area contributed by atoms with Gasteiger partial charge in [-0.2, -0.15) is 0 Å². The molecule has 1 amide bonds. The first-order valence-corrected chi connectivity index (χ1v) is 12.9. The number of carbonyl (C=O) groups excluding carboxylic acids is 2. The topological polar surface area (TPSA) is 137 Å². The molecule has 0 fully saturated rings. The zero-order valence-corrected chi connectivity index (χ0v) is 22.0. The predicted octanol–water partition coefficient (Wildman–Crippen LogP) is 4.51. The highest BCUT2D eigenvalue weighted by Gasteiger charge is 2.33. The number of carbonyl (C=O) groups is 3.